The predicted octanol–water partition coefficient (Wildman–Crippen LogP) is 4.67. The van der Waals surface area contributed by atoms with E-state index in [4.69, 9.17) is 14.2 Å². The predicted molar refractivity (Wildman–Crippen MR) is 90.4 cm³/mol. The quantitative estimate of drug-likeness (QED) is 0.517. The summed E-state index contributed by atoms with van der Waals surface area (Å²) in [5.74, 6) is 1.53. The standard InChI is InChI=1S/C11H14O4.C7H14/c1-4-15-8-5-10(13-2)9(7-12)11(6-8)14-3;1-3-5-7-6-4-2/h5-7H,4H2,1-3H3;5,7H,3-4,6H2,1-2H3/b;7-5-. The Kier molecular flexibility index (Phi) is 11.6. The SMILES string of the molecule is CC/C=C\CCC.CCOc1cc(OC)c(C=O)c(OC)c1. The third-order valence-electron chi connectivity index (χ3n) is 2.80. The van der Waals surface area contributed by atoms with E-state index in [2.05, 4.69) is 26.0 Å². The Labute approximate surface area is 134 Å². The molecule has 0 unspecified atom stereocenters. The van der Waals surface area contributed by atoms with Gasteiger partial charge in [-0.25, -0.2) is 0 Å². The molecule has 0 aromatic heterocycles. The van der Waals surface area contributed by atoms with Crippen molar-refractivity contribution in [3.63, 3.8) is 0 Å². The fourth-order valence-electron chi connectivity index (χ4n) is 1.73. The van der Waals surface area contributed by atoms with Gasteiger partial charge in [0.25, 0.3) is 0 Å². The zero-order valence-electron chi connectivity index (χ0n) is 14.3. The number of unbranched alkanes of at least 4 members (excludes halogenated alkanes) is 1. The molecule has 0 heterocycles. The zero-order valence-corrected chi connectivity index (χ0v) is 14.3. The molecule has 1 aromatic carbocycles. The Morgan fingerprint density at radius 3 is 1.95 bits per heavy atom. The van der Waals surface area contributed by atoms with E-state index in [1.54, 1.807) is 12.1 Å². The first-order valence-corrected chi connectivity index (χ1v) is 7.67. The van der Waals surface area contributed by atoms with Crippen LogP contribution in [0.25, 0.3) is 0 Å². The second-order valence-corrected chi connectivity index (χ2v) is 4.46. The lowest BCUT2D eigenvalue weighted by atomic mass is 10.2. The highest BCUT2D eigenvalue weighted by Crippen LogP contribution is 2.32. The van der Waals surface area contributed by atoms with Crippen LogP contribution in [0, 0.1) is 0 Å². The van der Waals surface area contributed by atoms with Crippen molar-refractivity contribution in [1.82, 2.24) is 0 Å². The number of methoxy groups -OCH3 is 2. The minimum atomic E-state index is 0.392. The monoisotopic (exact) mass is 308 g/mol. The van der Waals surface area contributed by atoms with Gasteiger partial charge in [0.15, 0.2) is 6.29 Å². The number of ether oxygens (including phenoxy) is 3. The minimum absolute atomic E-state index is 0.392. The van der Waals surface area contributed by atoms with Gasteiger partial charge in [-0.2, -0.15) is 0 Å². The molecule has 0 saturated heterocycles. The molecular formula is C18H28O4. The number of aldehydes is 1. The molecule has 0 aliphatic carbocycles. The molecule has 0 aliphatic rings. The van der Waals surface area contributed by atoms with Crippen molar-refractivity contribution in [2.45, 2.75) is 40.0 Å². The molecule has 0 saturated carbocycles. The van der Waals surface area contributed by atoms with Crippen LogP contribution in [0.1, 0.15) is 50.4 Å². The van der Waals surface area contributed by atoms with Gasteiger partial charge >= 0.3 is 0 Å². The molecule has 0 bridgehead atoms. The lowest BCUT2D eigenvalue weighted by Crippen LogP contribution is -1.98. The van der Waals surface area contributed by atoms with E-state index < -0.39 is 0 Å². The molecule has 124 valence electrons. The number of rotatable bonds is 8. The molecule has 0 N–H and O–H groups in total. The lowest BCUT2D eigenvalue weighted by molar-refractivity contribution is 0.111. The van der Waals surface area contributed by atoms with Gasteiger partial charge in [-0.15, -0.1) is 0 Å². The number of carbonyl (C=O) groups is 1. The first kappa shape index (κ1) is 20.0. The van der Waals surface area contributed by atoms with Crippen LogP contribution in [0.5, 0.6) is 17.2 Å². The van der Waals surface area contributed by atoms with Gasteiger partial charge in [0, 0.05) is 12.1 Å². The van der Waals surface area contributed by atoms with Gasteiger partial charge in [0.05, 0.1) is 26.4 Å². The first-order chi connectivity index (χ1) is 10.7. The zero-order chi connectivity index (χ0) is 16.8. The van der Waals surface area contributed by atoms with Gasteiger partial charge in [0.2, 0.25) is 0 Å². The highest BCUT2D eigenvalue weighted by atomic mass is 16.5. The maximum Gasteiger partial charge on any atom is 0.157 e. The first-order valence-electron chi connectivity index (χ1n) is 7.67. The van der Waals surface area contributed by atoms with Crippen LogP contribution in [0.3, 0.4) is 0 Å². The largest absolute Gasteiger partial charge is 0.496 e. The van der Waals surface area contributed by atoms with E-state index in [9.17, 15) is 4.79 Å². The maximum absolute atomic E-state index is 10.8. The van der Waals surface area contributed by atoms with Gasteiger partial charge in [-0.1, -0.05) is 32.4 Å². The van der Waals surface area contributed by atoms with Gasteiger partial charge < -0.3 is 14.2 Å². The van der Waals surface area contributed by atoms with Crippen LogP contribution >= 0.6 is 0 Å². The molecule has 22 heavy (non-hydrogen) atoms. The minimum Gasteiger partial charge on any atom is -0.496 e. The average Bonchev–Trinajstić information content (AvgIpc) is 2.55. The summed E-state index contributed by atoms with van der Waals surface area (Å²) in [6.45, 7) is 6.78. The highest BCUT2D eigenvalue weighted by molar-refractivity contribution is 5.84. The maximum atomic E-state index is 10.8. The van der Waals surface area contributed by atoms with Gasteiger partial charge in [0.1, 0.15) is 17.2 Å². The second kappa shape index (κ2) is 12.7. The van der Waals surface area contributed by atoms with Crippen molar-refractivity contribution < 1.29 is 19.0 Å². The normalized spacial score (nSPS) is 9.86. The van der Waals surface area contributed by atoms with Crippen molar-refractivity contribution in [1.29, 1.82) is 0 Å². The molecule has 4 heteroatoms. The van der Waals surface area contributed by atoms with Gasteiger partial charge in [-0.05, 0) is 19.8 Å². The third kappa shape index (κ3) is 7.16. The molecule has 1 aromatic rings. The van der Waals surface area contributed by atoms with Crippen molar-refractivity contribution in [3.05, 3.63) is 29.8 Å². The summed E-state index contributed by atoms with van der Waals surface area (Å²) < 4.78 is 15.5. The second-order valence-electron chi connectivity index (χ2n) is 4.46. The summed E-state index contributed by atoms with van der Waals surface area (Å²) in [5.41, 5.74) is 0.392. The fourth-order valence-corrected chi connectivity index (χ4v) is 1.73. The smallest absolute Gasteiger partial charge is 0.157 e. The molecule has 0 radical (unpaired) electrons. The topological polar surface area (TPSA) is 44.8 Å². The fraction of sp³-hybridized carbons (Fsp3) is 0.500. The van der Waals surface area contributed by atoms with Crippen LogP contribution in [0.15, 0.2) is 24.3 Å². The summed E-state index contributed by atoms with van der Waals surface area (Å²) >= 11 is 0. The van der Waals surface area contributed by atoms with Crippen molar-refractivity contribution in [2.24, 2.45) is 0 Å². The molecule has 4 nitrogen and oxygen atoms in total. The Morgan fingerprint density at radius 2 is 1.59 bits per heavy atom. The Morgan fingerprint density at radius 1 is 1.00 bits per heavy atom. The average molecular weight is 308 g/mol. The third-order valence-corrected chi connectivity index (χ3v) is 2.80. The summed E-state index contributed by atoms with van der Waals surface area (Å²) in [7, 11) is 3.00. The Bertz CT molecular complexity index is 427. The van der Waals surface area contributed by atoms with Crippen LogP contribution < -0.4 is 14.2 Å². The Balaban J connectivity index is 0.000000534. The summed E-state index contributed by atoms with van der Waals surface area (Å²) in [6.07, 6.45) is 8.85. The summed E-state index contributed by atoms with van der Waals surface area (Å²) in [5, 5.41) is 0. The van der Waals surface area contributed by atoms with Crippen molar-refractivity contribution in [3.8, 4) is 17.2 Å². The lowest BCUT2D eigenvalue weighted by Gasteiger charge is -2.11. The number of allylic oxidation sites excluding steroid dienone is 2. The van der Waals surface area contributed by atoms with Crippen LogP contribution in [-0.2, 0) is 0 Å². The molecule has 0 atom stereocenters. The van der Waals surface area contributed by atoms with E-state index in [0.717, 1.165) is 0 Å². The van der Waals surface area contributed by atoms with E-state index in [1.165, 1.54) is 33.5 Å². The van der Waals surface area contributed by atoms with E-state index >= 15 is 0 Å². The molecule has 0 amide bonds. The summed E-state index contributed by atoms with van der Waals surface area (Å²) in [4.78, 5) is 10.8. The molecule has 0 aliphatic heterocycles. The number of hydrogen-bond donors (Lipinski definition) is 0. The molecule has 0 fully saturated rings. The number of carbonyl (C=O) groups excluding carboxylic acids is 1. The highest BCUT2D eigenvalue weighted by Gasteiger charge is 2.11. The Hall–Kier alpha value is -1.97. The molecular weight excluding hydrogens is 280 g/mol. The van der Waals surface area contributed by atoms with Crippen molar-refractivity contribution in [2.75, 3.05) is 20.8 Å². The number of hydrogen-bond acceptors (Lipinski definition) is 4. The van der Waals surface area contributed by atoms with Crippen LogP contribution in [0.4, 0.5) is 0 Å². The number of benzene rings is 1. The van der Waals surface area contributed by atoms with E-state index in [-0.39, 0.29) is 0 Å². The molecule has 0 spiro atoms. The summed E-state index contributed by atoms with van der Waals surface area (Å²) in [6, 6.07) is 3.32. The molecule has 1 rings (SSSR count). The van der Waals surface area contributed by atoms with E-state index in [1.807, 2.05) is 6.92 Å². The van der Waals surface area contributed by atoms with Crippen molar-refractivity contribution >= 4 is 6.29 Å². The van der Waals surface area contributed by atoms with E-state index in [0.29, 0.717) is 35.7 Å². The van der Waals surface area contributed by atoms with Crippen LogP contribution in [0.2, 0.25) is 0 Å². The van der Waals surface area contributed by atoms with Crippen LogP contribution in [-0.4, -0.2) is 27.1 Å². The van der Waals surface area contributed by atoms with Gasteiger partial charge in [-0.3, -0.25) is 4.79 Å².